The van der Waals surface area contributed by atoms with Gasteiger partial charge >= 0.3 is 5.97 Å². The first-order chi connectivity index (χ1) is 14.9. The van der Waals surface area contributed by atoms with Crippen LogP contribution in [0.1, 0.15) is 30.1 Å². The largest absolute Gasteiger partial charge is 0.467 e. The number of hydrogen-bond acceptors (Lipinski definition) is 4. The summed E-state index contributed by atoms with van der Waals surface area (Å²) < 4.78 is 27.4. The Bertz CT molecular complexity index is 1200. The maximum Gasteiger partial charge on any atom is 0.355 e. The molecule has 7 nitrogen and oxygen atoms in total. The van der Waals surface area contributed by atoms with E-state index in [1.54, 1.807) is 48.7 Å². The molecule has 0 saturated heterocycles. The number of nitrogens with zero attached hydrogens (tertiary/aromatic N) is 2. The van der Waals surface area contributed by atoms with Crippen molar-refractivity contribution in [3.8, 4) is 5.69 Å². The minimum absolute atomic E-state index is 0.0693. The van der Waals surface area contributed by atoms with Crippen molar-refractivity contribution in [3.05, 3.63) is 78.3 Å². The van der Waals surface area contributed by atoms with Crippen LogP contribution in [0.2, 0.25) is 0 Å². The van der Waals surface area contributed by atoms with Crippen LogP contribution in [0.25, 0.3) is 16.7 Å². The van der Waals surface area contributed by atoms with Gasteiger partial charge in [-0.1, -0.05) is 0 Å². The Kier molecular flexibility index (Phi) is 5.62. The summed E-state index contributed by atoms with van der Waals surface area (Å²) in [5.41, 5.74) is 2.40. The van der Waals surface area contributed by atoms with Gasteiger partial charge in [0, 0.05) is 11.9 Å². The van der Waals surface area contributed by atoms with Gasteiger partial charge in [0.25, 0.3) is 0 Å². The number of hydrogen-bond donors (Lipinski definition) is 1. The number of carbonyl (C=O) groups excluding carboxylic acids is 2. The summed E-state index contributed by atoms with van der Waals surface area (Å²) in [6.07, 6.45) is 3.05. The van der Waals surface area contributed by atoms with Crippen LogP contribution in [0.3, 0.4) is 0 Å². The lowest BCUT2D eigenvalue weighted by Crippen LogP contribution is -2.28. The molecule has 8 heteroatoms. The minimum atomic E-state index is -0.518. The Morgan fingerprint density at radius 1 is 1.13 bits per heavy atom. The summed E-state index contributed by atoms with van der Waals surface area (Å²) in [6.45, 7) is 3.71. The molecular formula is C23H22FN3O4. The molecule has 3 aromatic heterocycles. The number of amides is 1. The molecular weight excluding hydrogens is 401 g/mol. The molecule has 0 radical (unpaired) electrons. The van der Waals surface area contributed by atoms with Crippen molar-refractivity contribution < 1.29 is 23.1 Å². The molecule has 4 aromatic rings. The van der Waals surface area contributed by atoms with Crippen LogP contribution >= 0.6 is 0 Å². The zero-order chi connectivity index (χ0) is 22.0. The fourth-order valence-corrected chi connectivity index (χ4v) is 3.38. The van der Waals surface area contributed by atoms with Crippen LogP contribution in [-0.2, 0) is 22.6 Å². The number of halogens is 1. The first kappa shape index (κ1) is 20.5. The minimum Gasteiger partial charge on any atom is -0.467 e. The SMILES string of the molecule is CC(C)OC(=O)c1cc2c(ccn2-c2ccc(F)cc2)n1CC(=O)NCc1ccco1. The summed E-state index contributed by atoms with van der Waals surface area (Å²) in [4.78, 5) is 25.3. The average Bonchev–Trinajstić information content (AvgIpc) is 3.45. The average molecular weight is 423 g/mol. The molecule has 1 N–H and O–H groups in total. The van der Waals surface area contributed by atoms with Gasteiger partial charge < -0.3 is 23.6 Å². The van der Waals surface area contributed by atoms with E-state index in [9.17, 15) is 14.0 Å². The maximum atomic E-state index is 13.3. The standard InChI is InChI=1S/C23H22FN3O4/c1-15(2)31-23(29)21-12-20-19(9-10-26(20)17-7-5-16(24)6-8-17)27(21)14-22(28)25-13-18-4-3-11-30-18/h3-12,15H,13-14H2,1-2H3,(H,25,28). The van der Waals surface area contributed by atoms with Crippen molar-refractivity contribution in [2.45, 2.75) is 33.0 Å². The van der Waals surface area contributed by atoms with Gasteiger partial charge in [-0.25, -0.2) is 9.18 Å². The third-order valence-corrected chi connectivity index (χ3v) is 4.76. The van der Waals surface area contributed by atoms with Crippen molar-refractivity contribution in [2.24, 2.45) is 0 Å². The highest BCUT2D eigenvalue weighted by atomic mass is 19.1. The smallest absolute Gasteiger partial charge is 0.355 e. The third kappa shape index (κ3) is 4.37. The van der Waals surface area contributed by atoms with E-state index in [-0.39, 0.29) is 36.6 Å². The Balaban J connectivity index is 1.68. The normalized spacial score (nSPS) is 11.2. The predicted molar refractivity (Wildman–Crippen MR) is 112 cm³/mol. The zero-order valence-electron chi connectivity index (χ0n) is 17.2. The maximum absolute atomic E-state index is 13.3. The quantitative estimate of drug-likeness (QED) is 0.455. The number of rotatable bonds is 7. The molecule has 0 aliphatic carbocycles. The molecule has 3 heterocycles. The molecule has 0 saturated carbocycles. The second-order valence-corrected chi connectivity index (χ2v) is 7.36. The third-order valence-electron chi connectivity index (χ3n) is 4.76. The van der Waals surface area contributed by atoms with Gasteiger partial charge in [0.1, 0.15) is 23.8 Å². The monoisotopic (exact) mass is 423 g/mol. The summed E-state index contributed by atoms with van der Waals surface area (Å²) in [6, 6.07) is 13.0. The lowest BCUT2D eigenvalue weighted by atomic mass is 10.3. The van der Waals surface area contributed by atoms with E-state index in [1.165, 1.54) is 18.4 Å². The van der Waals surface area contributed by atoms with Crippen LogP contribution in [-0.4, -0.2) is 27.1 Å². The van der Waals surface area contributed by atoms with Crippen LogP contribution in [0, 0.1) is 5.82 Å². The second kappa shape index (κ2) is 8.51. The fourth-order valence-electron chi connectivity index (χ4n) is 3.38. The predicted octanol–water partition coefficient (Wildman–Crippen LogP) is 4.05. The Morgan fingerprint density at radius 2 is 1.90 bits per heavy atom. The fraction of sp³-hybridized carbons (Fsp3) is 0.217. The topological polar surface area (TPSA) is 78.4 Å². The van der Waals surface area contributed by atoms with E-state index in [0.717, 1.165) is 5.69 Å². The molecule has 160 valence electrons. The van der Waals surface area contributed by atoms with E-state index in [1.807, 2.05) is 16.8 Å². The van der Waals surface area contributed by atoms with Gasteiger partial charge in [-0.05, 0) is 62.4 Å². The van der Waals surface area contributed by atoms with E-state index in [2.05, 4.69) is 5.32 Å². The Morgan fingerprint density at radius 3 is 2.58 bits per heavy atom. The van der Waals surface area contributed by atoms with Crippen molar-refractivity contribution in [3.63, 3.8) is 0 Å². The molecule has 1 aromatic carbocycles. The van der Waals surface area contributed by atoms with Gasteiger partial charge in [-0.2, -0.15) is 0 Å². The van der Waals surface area contributed by atoms with Crippen LogP contribution in [0.15, 0.2) is 65.4 Å². The highest BCUT2D eigenvalue weighted by molar-refractivity contribution is 5.96. The number of esters is 1. The van der Waals surface area contributed by atoms with Crippen molar-refractivity contribution >= 4 is 22.9 Å². The number of aromatic nitrogens is 2. The number of carbonyl (C=O) groups is 2. The van der Waals surface area contributed by atoms with Crippen molar-refractivity contribution in [1.82, 2.24) is 14.5 Å². The van der Waals surface area contributed by atoms with Crippen LogP contribution in [0.5, 0.6) is 0 Å². The molecule has 0 fully saturated rings. The Labute approximate surface area is 178 Å². The highest BCUT2D eigenvalue weighted by Gasteiger charge is 2.22. The summed E-state index contributed by atoms with van der Waals surface area (Å²) in [5.74, 6) is -0.496. The molecule has 0 aliphatic heterocycles. The zero-order valence-corrected chi connectivity index (χ0v) is 17.2. The molecule has 0 aliphatic rings. The van der Waals surface area contributed by atoms with Crippen molar-refractivity contribution in [2.75, 3.05) is 0 Å². The highest BCUT2D eigenvalue weighted by Crippen LogP contribution is 2.26. The van der Waals surface area contributed by atoms with E-state index < -0.39 is 5.97 Å². The summed E-state index contributed by atoms with van der Waals surface area (Å²) in [5, 5.41) is 2.79. The number of benzene rings is 1. The van der Waals surface area contributed by atoms with Gasteiger partial charge in [-0.15, -0.1) is 0 Å². The van der Waals surface area contributed by atoms with Gasteiger partial charge in [0.2, 0.25) is 5.91 Å². The first-order valence-corrected chi connectivity index (χ1v) is 9.89. The van der Waals surface area contributed by atoms with Gasteiger partial charge in [-0.3, -0.25) is 4.79 Å². The van der Waals surface area contributed by atoms with Crippen molar-refractivity contribution in [1.29, 1.82) is 0 Å². The molecule has 0 bridgehead atoms. The lowest BCUT2D eigenvalue weighted by molar-refractivity contribution is -0.121. The molecule has 0 spiro atoms. The van der Waals surface area contributed by atoms with Crippen LogP contribution < -0.4 is 5.32 Å². The summed E-state index contributed by atoms with van der Waals surface area (Å²) in [7, 11) is 0. The molecule has 0 atom stereocenters. The van der Waals surface area contributed by atoms with Crippen LogP contribution in [0.4, 0.5) is 4.39 Å². The van der Waals surface area contributed by atoms with Gasteiger partial charge in [0.05, 0.1) is 29.9 Å². The molecule has 0 unspecified atom stereocenters. The van der Waals surface area contributed by atoms with E-state index >= 15 is 0 Å². The number of fused-ring (bicyclic) bond motifs is 1. The molecule has 1 amide bonds. The Hall–Kier alpha value is -3.81. The van der Waals surface area contributed by atoms with Gasteiger partial charge in [0.15, 0.2) is 0 Å². The molecule has 4 rings (SSSR count). The molecule has 31 heavy (non-hydrogen) atoms. The number of nitrogens with one attached hydrogen (secondary N) is 1. The first-order valence-electron chi connectivity index (χ1n) is 9.89. The van der Waals surface area contributed by atoms with E-state index in [4.69, 9.17) is 9.15 Å². The second-order valence-electron chi connectivity index (χ2n) is 7.36. The van der Waals surface area contributed by atoms with E-state index in [0.29, 0.717) is 16.8 Å². The number of ether oxygens (including phenoxy) is 1. The lowest BCUT2D eigenvalue weighted by Gasteiger charge is -2.12. The number of furan rings is 1. The summed E-state index contributed by atoms with van der Waals surface area (Å²) >= 11 is 0.